The van der Waals surface area contributed by atoms with Gasteiger partial charge >= 0.3 is 0 Å². The molecule has 0 saturated carbocycles. The molecule has 0 amide bonds. The Morgan fingerprint density at radius 1 is 1.33 bits per heavy atom. The second-order valence-corrected chi connectivity index (χ2v) is 3.31. The maximum Gasteiger partial charge on any atom is 0.181 e. The number of unbranched alkanes of at least 4 members (excludes halogenated alkanes) is 1. The van der Waals surface area contributed by atoms with Crippen LogP contribution in [-0.2, 0) is 4.74 Å². The highest BCUT2D eigenvalue weighted by molar-refractivity contribution is 4.74. The molecule has 3 heteroatoms. The highest BCUT2D eigenvalue weighted by atomic mass is 16.7. The van der Waals surface area contributed by atoms with E-state index in [0.717, 1.165) is 25.9 Å². The summed E-state index contributed by atoms with van der Waals surface area (Å²) in [5.74, 6) is 0. The van der Waals surface area contributed by atoms with Crippen LogP contribution in [-0.4, -0.2) is 30.6 Å². The van der Waals surface area contributed by atoms with Crippen LogP contribution < -0.4 is 5.32 Å². The molecular formula is C9H19NO2. The molecular weight excluding hydrogens is 154 g/mol. The minimum atomic E-state index is -0.458. The van der Waals surface area contributed by atoms with Crippen LogP contribution in [0.4, 0.5) is 0 Å². The first kappa shape index (κ1) is 9.96. The number of epoxide rings is 1. The summed E-state index contributed by atoms with van der Waals surface area (Å²) in [6, 6.07) is 0. The van der Waals surface area contributed by atoms with Crippen molar-refractivity contribution in [2.45, 2.75) is 45.0 Å². The van der Waals surface area contributed by atoms with E-state index in [0.29, 0.717) is 0 Å². The summed E-state index contributed by atoms with van der Waals surface area (Å²) in [6.45, 7) is 4.35. The predicted octanol–water partition coefficient (Wildman–Crippen LogP) is 0.873. The molecule has 2 unspecified atom stereocenters. The predicted molar refractivity (Wildman–Crippen MR) is 47.9 cm³/mol. The summed E-state index contributed by atoms with van der Waals surface area (Å²) in [5, 5.41) is 12.2. The fraction of sp³-hybridized carbons (Fsp3) is 1.00. The molecule has 0 aromatic heterocycles. The Labute approximate surface area is 74.1 Å². The smallest absolute Gasteiger partial charge is 0.181 e. The van der Waals surface area contributed by atoms with Gasteiger partial charge in [-0.15, -0.1) is 0 Å². The van der Waals surface area contributed by atoms with Crippen LogP contribution in [0.15, 0.2) is 0 Å². The van der Waals surface area contributed by atoms with Crippen molar-refractivity contribution in [3.63, 3.8) is 0 Å². The second kappa shape index (κ2) is 5.51. The molecule has 12 heavy (non-hydrogen) atoms. The van der Waals surface area contributed by atoms with Crippen molar-refractivity contribution in [1.82, 2.24) is 5.32 Å². The Balaban J connectivity index is 1.72. The lowest BCUT2D eigenvalue weighted by molar-refractivity contribution is 0.156. The quantitative estimate of drug-likeness (QED) is 0.443. The molecule has 0 bridgehead atoms. The highest BCUT2D eigenvalue weighted by Crippen LogP contribution is 2.22. The van der Waals surface area contributed by atoms with Crippen LogP contribution in [0.1, 0.15) is 32.6 Å². The van der Waals surface area contributed by atoms with Gasteiger partial charge in [-0.05, 0) is 32.4 Å². The summed E-state index contributed by atoms with van der Waals surface area (Å²) >= 11 is 0. The Bertz CT molecular complexity index is 119. The second-order valence-electron chi connectivity index (χ2n) is 3.31. The van der Waals surface area contributed by atoms with Gasteiger partial charge < -0.3 is 15.2 Å². The Morgan fingerprint density at radius 2 is 2.00 bits per heavy atom. The fourth-order valence-electron chi connectivity index (χ4n) is 1.20. The van der Waals surface area contributed by atoms with Crippen molar-refractivity contribution >= 4 is 0 Å². The molecule has 1 rings (SSSR count). The summed E-state index contributed by atoms with van der Waals surface area (Å²) in [6.07, 6.45) is 4.27. The largest absolute Gasteiger partial charge is 0.366 e. The summed E-state index contributed by atoms with van der Waals surface area (Å²) in [7, 11) is 0. The van der Waals surface area contributed by atoms with Crippen molar-refractivity contribution in [2.75, 3.05) is 13.1 Å². The summed E-state index contributed by atoms with van der Waals surface area (Å²) < 4.78 is 4.87. The van der Waals surface area contributed by atoms with Gasteiger partial charge in [-0.3, -0.25) is 0 Å². The lowest BCUT2D eigenvalue weighted by Crippen LogP contribution is -2.16. The number of aliphatic hydroxyl groups excluding tert-OH is 1. The van der Waals surface area contributed by atoms with Crippen LogP contribution in [0.25, 0.3) is 0 Å². The van der Waals surface area contributed by atoms with E-state index in [-0.39, 0.29) is 6.10 Å². The minimum Gasteiger partial charge on any atom is -0.366 e. The van der Waals surface area contributed by atoms with E-state index in [1.807, 2.05) is 0 Å². The van der Waals surface area contributed by atoms with E-state index in [4.69, 9.17) is 9.84 Å². The van der Waals surface area contributed by atoms with Gasteiger partial charge in [0.1, 0.15) is 6.10 Å². The third-order valence-electron chi connectivity index (χ3n) is 2.10. The van der Waals surface area contributed by atoms with Gasteiger partial charge in [-0.25, -0.2) is 0 Å². The zero-order valence-corrected chi connectivity index (χ0v) is 7.75. The lowest BCUT2D eigenvalue weighted by Gasteiger charge is -2.01. The number of nitrogens with one attached hydrogen (secondary N) is 1. The summed E-state index contributed by atoms with van der Waals surface area (Å²) in [5.41, 5.74) is 0. The topological polar surface area (TPSA) is 44.8 Å². The first-order valence-electron chi connectivity index (χ1n) is 4.89. The van der Waals surface area contributed by atoms with Gasteiger partial charge in [0.15, 0.2) is 6.29 Å². The maximum atomic E-state index is 8.82. The molecule has 0 aromatic carbocycles. The van der Waals surface area contributed by atoms with Crippen LogP contribution >= 0.6 is 0 Å². The molecule has 0 radical (unpaired) electrons. The number of aliphatic hydroxyl groups is 1. The standard InChI is InChI=1S/C9H19NO2/c1-2-3-6-10-7-4-5-8-9(11)12-8/h8-11H,2-7H2,1H3. The van der Waals surface area contributed by atoms with Gasteiger partial charge in [0.05, 0.1) is 0 Å². The Morgan fingerprint density at radius 3 is 2.58 bits per heavy atom. The molecule has 0 aromatic rings. The van der Waals surface area contributed by atoms with E-state index in [1.165, 1.54) is 12.8 Å². The molecule has 1 aliphatic rings. The number of ether oxygens (including phenoxy) is 1. The molecule has 1 aliphatic heterocycles. The Hall–Kier alpha value is -0.120. The van der Waals surface area contributed by atoms with Gasteiger partial charge in [-0.1, -0.05) is 13.3 Å². The van der Waals surface area contributed by atoms with Crippen LogP contribution in [0.3, 0.4) is 0 Å². The lowest BCUT2D eigenvalue weighted by atomic mass is 10.2. The molecule has 72 valence electrons. The third-order valence-corrected chi connectivity index (χ3v) is 2.10. The zero-order chi connectivity index (χ0) is 8.81. The first-order valence-corrected chi connectivity index (χ1v) is 4.89. The van der Waals surface area contributed by atoms with Crippen LogP contribution in [0, 0.1) is 0 Å². The number of rotatable bonds is 7. The van der Waals surface area contributed by atoms with Crippen LogP contribution in [0.2, 0.25) is 0 Å². The number of hydrogen-bond acceptors (Lipinski definition) is 3. The van der Waals surface area contributed by atoms with E-state index in [9.17, 15) is 0 Å². The van der Waals surface area contributed by atoms with E-state index in [2.05, 4.69) is 12.2 Å². The minimum absolute atomic E-state index is 0.137. The molecule has 0 aliphatic carbocycles. The van der Waals surface area contributed by atoms with Gasteiger partial charge in [0.2, 0.25) is 0 Å². The van der Waals surface area contributed by atoms with Crippen molar-refractivity contribution < 1.29 is 9.84 Å². The Kier molecular flexibility index (Phi) is 4.58. The fourth-order valence-corrected chi connectivity index (χ4v) is 1.20. The van der Waals surface area contributed by atoms with Crippen LogP contribution in [0.5, 0.6) is 0 Å². The van der Waals surface area contributed by atoms with Gasteiger partial charge in [0.25, 0.3) is 0 Å². The van der Waals surface area contributed by atoms with Crippen molar-refractivity contribution in [3.05, 3.63) is 0 Å². The SMILES string of the molecule is CCCCNCCCC1OC1O. The molecule has 1 heterocycles. The average molecular weight is 173 g/mol. The van der Waals surface area contributed by atoms with Gasteiger partial charge in [-0.2, -0.15) is 0 Å². The molecule has 3 nitrogen and oxygen atoms in total. The van der Waals surface area contributed by atoms with Crippen molar-refractivity contribution in [3.8, 4) is 0 Å². The van der Waals surface area contributed by atoms with Crippen molar-refractivity contribution in [2.24, 2.45) is 0 Å². The molecule has 2 atom stereocenters. The van der Waals surface area contributed by atoms with E-state index in [1.54, 1.807) is 0 Å². The molecule has 2 N–H and O–H groups in total. The van der Waals surface area contributed by atoms with Gasteiger partial charge in [0, 0.05) is 0 Å². The molecule has 1 fully saturated rings. The number of hydrogen-bond donors (Lipinski definition) is 2. The monoisotopic (exact) mass is 173 g/mol. The molecule has 0 spiro atoms. The average Bonchev–Trinajstić information content (AvgIpc) is 2.74. The summed E-state index contributed by atoms with van der Waals surface area (Å²) in [4.78, 5) is 0. The zero-order valence-electron chi connectivity index (χ0n) is 7.75. The van der Waals surface area contributed by atoms with E-state index < -0.39 is 6.29 Å². The van der Waals surface area contributed by atoms with Crippen molar-refractivity contribution in [1.29, 1.82) is 0 Å². The maximum absolute atomic E-state index is 8.82. The highest BCUT2D eigenvalue weighted by Gasteiger charge is 2.35. The normalized spacial score (nSPS) is 27.5. The van der Waals surface area contributed by atoms with E-state index >= 15 is 0 Å². The third kappa shape index (κ3) is 4.04. The first-order chi connectivity index (χ1) is 5.84. The molecule has 1 saturated heterocycles.